The highest BCUT2D eigenvalue weighted by molar-refractivity contribution is 5.68. The number of carbonyl (C=O) groups is 1. The van der Waals surface area contributed by atoms with Gasteiger partial charge < -0.3 is 15.4 Å². The van der Waals surface area contributed by atoms with Gasteiger partial charge in [-0.3, -0.25) is 0 Å². The molecule has 0 aliphatic heterocycles. The fraction of sp³-hybridized carbons (Fsp3) is 0.938. The molecule has 0 aromatic carbocycles. The molecule has 20 heavy (non-hydrogen) atoms. The lowest BCUT2D eigenvalue weighted by Crippen LogP contribution is -2.54. The zero-order valence-electron chi connectivity index (χ0n) is 13.6. The van der Waals surface area contributed by atoms with E-state index in [1.807, 2.05) is 20.8 Å². The van der Waals surface area contributed by atoms with Gasteiger partial charge in [-0.2, -0.15) is 0 Å². The average Bonchev–Trinajstić information content (AvgIpc) is 2.99. The zero-order chi connectivity index (χ0) is 15.0. The first-order valence-electron chi connectivity index (χ1n) is 7.93. The van der Waals surface area contributed by atoms with Gasteiger partial charge in [-0.1, -0.05) is 13.8 Å². The molecule has 0 atom stereocenters. The molecule has 2 fully saturated rings. The van der Waals surface area contributed by atoms with E-state index in [1.54, 1.807) is 0 Å². The predicted octanol–water partition coefficient (Wildman–Crippen LogP) is 3.07. The highest BCUT2D eigenvalue weighted by atomic mass is 16.6. The van der Waals surface area contributed by atoms with Crippen molar-refractivity contribution in [3.63, 3.8) is 0 Å². The molecule has 0 unspecified atom stereocenters. The lowest BCUT2D eigenvalue weighted by molar-refractivity contribution is 0.0463. The Morgan fingerprint density at radius 1 is 1.25 bits per heavy atom. The van der Waals surface area contributed by atoms with Crippen LogP contribution in [0.5, 0.6) is 0 Å². The second kappa shape index (κ2) is 5.55. The summed E-state index contributed by atoms with van der Waals surface area (Å²) in [5.41, 5.74) is 0.144. The quantitative estimate of drug-likeness (QED) is 0.815. The van der Waals surface area contributed by atoms with Crippen LogP contribution in [-0.4, -0.2) is 30.3 Å². The first kappa shape index (κ1) is 15.6. The van der Waals surface area contributed by atoms with Crippen molar-refractivity contribution in [2.45, 2.75) is 78.0 Å². The molecule has 2 N–H and O–H groups in total. The van der Waals surface area contributed by atoms with E-state index in [1.165, 1.54) is 12.8 Å². The lowest BCUT2D eigenvalue weighted by Gasteiger charge is -2.38. The summed E-state index contributed by atoms with van der Waals surface area (Å²) in [6.45, 7) is 11.4. The standard InChI is InChI=1S/C16H30N2O2/c1-11(2)16(6-7-16)10-17-12-8-13(9-12)18-14(19)20-15(3,4)5/h11-13,17H,6-10H2,1-5H3,(H,18,19). The number of hydrogen-bond acceptors (Lipinski definition) is 3. The van der Waals surface area contributed by atoms with Crippen molar-refractivity contribution in [2.75, 3.05) is 6.54 Å². The third-order valence-corrected chi connectivity index (χ3v) is 4.72. The third-order valence-electron chi connectivity index (χ3n) is 4.72. The Hall–Kier alpha value is -0.770. The van der Waals surface area contributed by atoms with Crippen molar-refractivity contribution in [3.05, 3.63) is 0 Å². The molecule has 1 amide bonds. The van der Waals surface area contributed by atoms with Crippen LogP contribution in [0, 0.1) is 11.3 Å². The first-order valence-corrected chi connectivity index (χ1v) is 7.93. The molecule has 116 valence electrons. The average molecular weight is 282 g/mol. The van der Waals surface area contributed by atoms with E-state index in [0.29, 0.717) is 11.5 Å². The highest BCUT2D eigenvalue weighted by Gasteiger charge is 2.45. The van der Waals surface area contributed by atoms with Crippen LogP contribution >= 0.6 is 0 Å². The molecule has 0 heterocycles. The van der Waals surface area contributed by atoms with Gasteiger partial charge in [-0.25, -0.2) is 4.79 Å². The van der Waals surface area contributed by atoms with Crippen molar-refractivity contribution < 1.29 is 9.53 Å². The molecule has 2 aliphatic carbocycles. The Kier molecular flexibility index (Phi) is 4.33. The SMILES string of the molecule is CC(C)C1(CNC2CC(NC(=O)OC(C)(C)C)C2)CC1. The summed E-state index contributed by atoms with van der Waals surface area (Å²) in [7, 11) is 0. The van der Waals surface area contributed by atoms with E-state index in [2.05, 4.69) is 24.5 Å². The molecule has 0 aromatic rings. The molecule has 0 radical (unpaired) electrons. The third kappa shape index (κ3) is 4.11. The van der Waals surface area contributed by atoms with Crippen molar-refractivity contribution in [2.24, 2.45) is 11.3 Å². The van der Waals surface area contributed by atoms with Crippen LogP contribution in [0.1, 0.15) is 60.3 Å². The number of nitrogens with one attached hydrogen (secondary N) is 2. The van der Waals surface area contributed by atoms with Gasteiger partial charge in [0, 0.05) is 18.6 Å². The van der Waals surface area contributed by atoms with Gasteiger partial charge in [0.1, 0.15) is 5.60 Å². The zero-order valence-corrected chi connectivity index (χ0v) is 13.6. The van der Waals surface area contributed by atoms with Crippen molar-refractivity contribution in [1.29, 1.82) is 0 Å². The van der Waals surface area contributed by atoms with E-state index in [0.717, 1.165) is 25.3 Å². The van der Waals surface area contributed by atoms with Crippen LogP contribution in [0.2, 0.25) is 0 Å². The minimum atomic E-state index is -0.416. The summed E-state index contributed by atoms with van der Waals surface area (Å²) in [5, 5.41) is 6.60. The van der Waals surface area contributed by atoms with E-state index < -0.39 is 5.60 Å². The Balaban J connectivity index is 1.60. The number of rotatable bonds is 5. The van der Waals surface area contributed by atoms with Crippen LogP contribution in [0.3, 0.4) is 0 Å². The van der Waals surface area contributed by atoms with Gasteiger partial charge >= 0.3 is 6.09 Å². The fourth-order valence-corrected chi connectivity index (χ4v) is 2.84. The van der Waals surface area contributed by atoms with Gasteiger partial charge in [-0.05, 0) is 57.8 Å². The Labute approximate surface area is 123 Å². The number of ether oxygens (including phenoxy) is 1. The van der Waals surface area contributed by atoms with Gasteiger partial charge in [0.15, 0.2) is 0 Å². The topological polar surface area (TPSA) is 50.4 Å². The van der Waals surface area contributed by atoms with Crippen molar-refractivity contribution >= 4 is 6.09 Å². The summed E-state index contributed by atoms with van der Waals surface area (Å²) < 4.78 is 5.26. The predicted molar refractivity (Wildman–Crippen MR) is 80.7 cm³/mol. The smallest absolute Gasteiger partial charge is 0.407 e. The molecular weight excluding hydrogens is 252 g/mol. The van der Waals surface area contributed by atoms with Gasteiger partial charge in [0.25, 0.3) is 0 Å². The summed E-state index contributed by atoms with van der Waals surface area (Å²) in [4.78, 5) is 11.6. The summed E-state index contributed by atoms with van der Waals surface area (Å²) in [5.74, 6) is 0.769. The van der Waals surface area contributed by atoms with Gasteiger partial charge in [0.05, 0.1) is 0 Å². The summed E-state index contributed by atoms with van der Waals surface area (Å²) in [6.07, 6.45) is 4.48. The molecule has 4 nitrogen and oxygen atoms in total. The normalized spacial score (nSPS) is 27.9. The molecule has 0 saturated heterocycles. The molecular formula is C16H30N2O2. The van der Waals surface area contributed by atoms with E-state index >= 15 is 0 Å². The van der Waals surface area contributed by atoms with Crippen molar-refractivity contribution in [3.8, 4) is 0 Å². The number of amides is 1. The number of hydrogen-bond donors (Lipinski definition) is 2. The number of alkyl carbamates (subject to hydrolysis) is 1. The lowest BCUT2D eigenvalue weighted by atomic mass is 9.85. The van der Waals surface area contributed by atoms with E-state index in [4.69, 9.17) is 4.74 Å². The number of carbonyl (C=O) groups excluding carboxylic acids is 1. The summed E-state index contributed by atoms with van der Waals surface area (Å²) >= 11 is 0. The molecule has 0 aromatic heterocycles. The molecule has 0 bridgehead atoms. The molecule has 2 saturated carbocycles. The molecule has 4 heteroatoms. The second-order valence-corrected chi connectivity index (χ2v) is 7.91. The highest BCUT2D eigenvalue weighted by Crippen LogP contribution is 2.51. The Morgan fingerprint density at radius 3 is 2.30 bits per heavy atom. The van der Waals surface area contributed by atoms with Gasteiger partial charge in [-0.15, -0.1) is 0 Å². The van der Waals surface area contributed by atoms with Gasteiger partial charge in [0.2, 0.25) is 0 Å². The van der Waals surface area contributed by atoms with Crippen LogP contribution in [0.25, 0.3) is 0 Å². The maximum absolute atomic E-state index is 11.6. The second-order valence-electron chi connectivity index (χ2n) is 7.91. The van der Waals surface area contributed by atoms with Crippen LogP contribution in [0.4, 0.5) is 4.79 Å². The monoisotopic (exact) mass is 282 g/mol. The largest absolute Gasteiger partial charge is 0.444 e. The molecule has 0 spiro atoms. The van der Waals surface area contributed by atoms with Crippen LogP contribution in [-0.2, 0) is 4.74 Å². The Bertz CT molecular complexity index is 350. The minimum absolute atomic E-state index is 0.275. The molecule has 2 aliphatic rings. The Morgan fingerprint density at radius 2 is 1.85 bits per heavy atom. The van der Waals surface area contributed by atoms with Crippen molar-refractivity contribution in [1.82, 2.24) is 10.6 Å². The first-order chi connectivity index (χ1) is 9.20. The van der Waals surface area contributed by atoms with Crippen LogP contribution in [0.15, 0.2) is 0 Å². The molecule has 2 rings (SSSR count). The summed E-state index contributed by atoms with van der Waals surface area (Å²) in [6, 6.07) is 0.836. The van der Waals surface area contributed by atoms with Crippen LogP contribution < -0.4 is 10.6 Å². The van der Waals surface area contributed by atoms with E-state index in [-0.39, 0.29) is 12.1 Å². The minimum Gasteiger partial charge on any atom is -0.444 e. The fourth-order valence-electron chi connectivity index (χ4n) is 2.84. The maximum Gasteiger partial charge on any atom is 0.407 e. The maximum atomic E-state index is 11.6. The van der Waals surface area contributed by atoms with E-state index in [9.17, 15) is 4.79 Å².